The average molecular weight is 369 g/mol. The Morgan fingerprint density at radius 1 is 1.22 bits per heavy atom. The number of piperidine rings is 1. The Hall–Kier alpha value is -2.25. The van der Waals surface area contributed by atoms with Gasteiger partial charge in [-0.2, -0.15) is 0 Å². The smallest absolute Gasteiger partial charge is 0.276 e. The SMILES string of the molecule is O=C(c1cn(C2CCNCC2)nn1)N1CCC[C@H]1C[C@H](O)c1ccccc1. The fraction of sp³-hybridized carbons (Fsp3) is 0.550. The van der Waals surface area contributed by atoms with E-state index < -0.39 is 6.10 Å². The molecule has 0 bridgehead atoms. The van der Waals surface area contributed by atoms with Crippen LogP contribution in [0.15, 0.2) is 36.5 Å². The molecule has 0 saturated carbocycles. The van der Waals surface area contributed by atoms with Gasteiger partial charge in [0.2, 0.25) is 0 Å². The molecule has 2 N–H and O–H groups in total. The van der Waals surface area contributed by atoms with Crippen LogP contribution < -0.4 is 5.32 Å². The van der Waals surface area contributed by atoms with Crippen molar-refractivity contribution < 1.29 is 9.90 Å². The summed E-state index contributed by atoms with van der Waals surface area (Å²) in [4.78, 5) is 14.9. The first-order valence-corrected chi connectivity index (χ1v) is 9.89. The summed E-state index contributed by atoms with van der Waals surface area (Å²) in [6.45, 7) is 2.66. The minimum Gasteiger partial charge on any atom is -0.388 e. The zero-order valence-electron chi connectivity index (χ0n) is 15.5. The van der Waals surface area contributed by atoms with E-state index in [-0.39, 0.29) is 11.9 Å². The zero-order chi connectivity index (χ0) is 18.6. The number of amides is 1. The van der Waals surface area contributed by atoms with Crippen LogP contribution in [0.5, 0.6) is 0 Å². The minimum atomic E-state index is -0.560. The summed E-state index contributed by atoms with van der Waals surface area (Å²) in [5.41, 5.74) is 1.31. The molecule has 3 heterocycles. The lowest BCUT2D eigenvalue weighted by atomic mass is 10.0. The van der Waals surface area contributed by atoms with Crippen molar-refractivity contribution in [3.8, 4) is 0 Å². The Labute approximate surface area is 159 Å². The maximum absolute atomic E-state index is 13.0. The molecule has 0 aliphatic carbocycles. The Morgan fingerprint density at radius 2 is 2.00 bits per heavy atom. The molecule has 0 spiro atoms. The normalized spacial score (nSPS) is 22.1. The minimum absolute atomic E-state index is 0.0386. The number of benzene rings is 1. The third kappa shape index (κ3) is 4.04. The predicted octanol–water partition coefficient (Wildman–Crippen LogP) is 1.93. The van der Waals surface area contributed by atoms with Gasteiger partial charge < -0.3 is 15.3 Å². The van der Waals surface area contributed by atoms with E-state index in [1.165, 1.54) is 0 Å². The Balaban J connectivity index is 1.42. The molecule has 0 unspecified atom stereocenters. The first-order valence-electron chi connectivity index (χ1n) is 9.89. The van der Waals surface area contributed by atoms with Crippen LogP contribution in [-0.4, -0.2) is 56.6 Å². The van der Waals surface area contributed by atoms with E-state index in [0.717, 1.165) is 44.3 Å². The number of carbonyl (C=O) groups is 1. The maximum atomic E-state index is 13.0. The second-order valence-electron chi connectivity index (χ2n) is 7.52. The lowest BCUT2D eigenvalue weighted by molar-refractivity contribution is 0.0661. The molecule has 7 nitrogen and oxygen atoms in total. The predicted molar refractivity (Wildman–Crippen MR) is 101 cm³/mol. The van der Waals surface area contributed by atoms with Gasteiger partial charge in [-0.15, -0.1) is 5.10 Å². The highest BCUT2D eigenvalue weighted by molar-refractivity contribution is 5.92. The number of nitrogens with zero attached hydrogens (tertiary/aromatic N) is 4. The quantitative estimate of drug-likeness (QED) is 0.841. The van der Waals surface area contributed by atoms with Crippen molar-refractivity contribution in [2.45, 2.75) is 50.3 Å². The van der Waals surface area contributed by atoms with E-state index in [1.807, 2.05) is 39.9 Å². The third-order valence-corrected chi connectivity index (χ3v) is 5.73. The van der Waals surface area contributed by atoms with Gasteiger partial charge in [-0.25, -0.2) is 4.68 Å². The second kappa shape index (κ2) is 8.19. The van der Waals surface area contributed by atoms with E-state index in [2.05, 4.69) is 15.6 Å². The van der Waals surface area contributed by atoms with E-state index in [0.29, 0.717) is 24.7 Å². The molecule has 2 aliphatic rings. The van der Waals surface area contributed by atoms with Crippen LogP contribution in [0.4, 0.5) is 0 Å². The average Bonchev–Trinajstić information content (AvgIpc) is 3.39. The van der Waals surface area contributed by atoms with Crippen molar-refractivity contribution in [3.05, 3.63) is 47.8 Å². The molecule has 2 saturated heterocycles. The van der Waals surface area contributed by atoms with Gasteiger partial charge in [0.15, 0.2) is 5.69 Å². The van der Waals surface area contributed by atoms with Crippen LogP contribution in [0, 0.1) is 0 Å². The van der Waals surface area contributed by atoms with Crippen LogP contribution in [0.2, 0.25) is 0 Å². The van der Waals surface area contributed by atoms with Crippen LogP contribution in [0.25, 0.3) is 0 Å². The highest BCUT2D eigenvalue weighted by Crippen LogP contribution is 2.28. The van der Waals surface area contributed by atoms with E-state index in [1.54, 1.807) is 6.20 Å². The molecule has 27 heavy (non-hydrogen) atoms. The molecule has 1 amide bonds. The standard InChI is InChI=1S/C20H27N5O2/c26-19(15-5-2-1-3-6-15)13-17-7-4-12-24(17)20(27)18-14-25(23-22-18)16-8-10-21-11-9-16/h1-3,5-6,14,16-17,19,21,26H,4,7-13H2/t17-,19-/m0/s1. The number of nitrogens with one attached hydrogen (secondary N) is 1. The zero-order valence-corrected chi connectivity index (χ0v) is 15.5. The van der Waals surface area contributed by atoms with E-state index >= 15 is 0 Å². The van der Waals surface area contributed by atoms with E-state index in [4.69, 9.17) is 0 Å². The molecule has 4 rings (SSSR count). The van der Waals surface area contributed by atoms with Crippen molar-refractivity contribution >= 4 is 5.91 Å². The van der Waals surface area contributed by atoms with Gasteiger partial charge in [-0.1, -0.05) is 35.5 Å². The fourth-order valence-corrected chi connectivity index (χ4v) is 4.19. The van der Waals surface area contributed by atoms with Crippen LogP contribution in [0.1, 0.15) is 60.3 Å². The van der Waals surface area contributed by atoms with Gasteiger partial charge in [0, 0.05) is 12.6 Å². The molecule has 144 valence electrons. The number of carbonyl (C=O) groups excluding carboxylic acids is 1. The van der Waals surface area contributed by atoms with E-state index in [9.17, 15) is 9.90 Å². The first-order chi connectivity index (χ1) is 13.2. The Morgan fingerprint density at radius 3 is 2.78 bits per heavy atom. The molecular formula is C20H27N5O2. The summed E-state index contributed by atoms with van der Waals surface area (Å²) in [6.07, 6.45) is 5.67. The molecular weight excluding hydrogens is 342 g/mol. The summed E-state index contributed by atoms with van der Waals surface area (Å²) < 4.78 is 1.85. The number of hydrogen-bond acceptors (Lipinski definition) is 5. The second-order valence-corrected chi connectivity index (χ2v) is 7.52. The van der Waals surface area contributed by atoms with Crippen LogP contribution in [0.3, 0.4) is 0 Å². The lowest BCUT2D eigenvalue weighted by Gasteiger charge is -2.26. The van der Waals surface area contributed by atoms with Crippen molar-refractivity contribution in [1.82, 2.24) is 25.2 Å². The van der Waals surface area contributed by atoms with Gasteiger partial charge in [-0.3, -0.25) is 4.79 Å². The number of aliphatic hydroxyl groups excluding tert-OH is 1. The number of hydrogen-bond donors (Lipinski definition) is 2. The summed E-state index contributed by atoms with van der Waals surface area (Å²) >= 11 is 0. The lowest BCUT2D eigenvalue weighted by Crippen LogP contribution is -2.36. The summed E-state index contributed by atoms with van der Waals surface area (Å²) in [6, 6.07) is 10.00. The monoisotopic (exact) mass is 369 g/mol. The number of aliphatic hydroxyl groups is 1. The molecule has 1 aromatic heterocycles. The molecule has 1 aromatic carbocycles. The molecule has 2 fully saturated rings. The topological polar surface area (TPSA) is 83.3 Å². The van der Waals surface area contributed by atoms with Gasteiger partial charge in [-0.05, 0) is 50.8 Å². The van der Waals surface area contributed by atoms with Gasteiger partial charge in [0.25, 0.3) is 5.91 Å². The highest BCUT2D eigenvalue weighted by atomic mass is 16.3. The number of rotatable bonds is 5. The van der Waals surface area contributed by atoms with Crippen molar-refractivity contribution in [3.63, 3.8) is 0 Å². The third-order valence-electron chi connectivity index (χ3n) is 5.73. The van der Waals surface area contributed by atoms with Gasteiger partial charge in [0.05, 0.1) is 18.3 Å². The molecule has 2 atom stereocenters. The summed E-state index contributed by atoms with van der Waals surface area (Å²) in [5, 5.41) is 22.2. The number of aromatic nitrogens is 3. The van der Waals surface area contributed by atoms with Crippen molar-refractivity contribution in [1.29, 1.82) is 0 Å². The van der Waals surface area contributed by atoms with Crippen molar-refractivity contribution in [2.75, 3.05) is 19.6 Å². The maximum Gasteiger partial charge on any atom is 0.276 e. The molecule has 0 radical (unpaired) electrons. The molecule has 7 heteroatoms. The Kier molecular flexibility index (Phi) is 5.50. The van der Waals surface area contributed by atoms with Crippen LogP contribution >= 0.6 is 0 Å². The van der Waals surface area contributed by atoms with Crippen LogP contribution in [-0.2, 0) is 0 Å². The van der Waals surface area contributed by atoms with Gasteiger partial charge in [0.1, 0.15) is 0 Å². The molecule has 2 aliphatic heterocycles. The molecule has 2 aromatic rings. The van der Waals surface area contributed by atoms with Crippen molar-refractivity contribution in [2.24, 2.45) is 0 Å². The number of likely N-dealkylation sites (tertiary alicyclic amines) is 1. The Bertz CT molecular complexity index is 757. The van der Waals surface area contributed by atoms with Gasteiger partial charge >= 0.3 is 0 Å². The largest absolute Gasteiger partial charge is 0.388 e. The summed E-state index contributed by atoms with van der Waals surface area (Å²) in [7, 11) is 0. The fourth-order valence-electron chi connectivity index (χ4n) is 4.19. The highest BCUT2D eigenvalue weighted by Gasteiger charge is 2.33. The first kappa shape index (κ1) is 18.1. The summed E-state index contributed by atoms with van der Waals surface area (Å²) in [5.74, 6) is -0.0713.